The van der Waals surface area contributed by atoms with E-state index in [9.17, 15) is 13.2 Å². The van der Waals surface area contributed by atoms with Gasteiger partial charge in [-0.2, -0.15) is 0 Å². The normalized spacial score (nSPS) is 17.9. The Morgan fingerprint density at radius 2 is 1.79 bits per heavy atom. The first-order valence-electron chi connectivity index (χ1n) is 9.46. The van der Waals surface area contributed by atoms with E-state index in [4.69, 9.17) is 0 Å². The van der Waals surface area contributed by atoms with Gasteiger partial charge in [-0.3, -0.25) is 9.10 Å². The van der Waals surface area contributed by atoms with Crippen molar-refractivity contribution in [1.82, 2.24) is 5.32 Å². The highest BCUT2D eigenvalue weighted by molar-refractivity contribution is 7.92. The Morgan fingerprint density at radius 1 is 1.14 bits per heavy atom. The lowest BCUT2D eigenvalue weighted by atomic mass is 9.82. The molecule has 0 radical (unpaired) electrons. The van der Waals surface area contributed by atoms with Gasteiger partial charge >= 0.3 is 0 Å². The molecule has 2 aromatic rings. The first-order valence-corrected chi connectivity index (χ1v) is 11.3. The van der Waals surface area contributed by atoms with Crippen molar-refractivity contribution in [2.75, 3.05) is 10.6 Å². The van der Waals surface area contributed by atoms with E-state index in [0.29, 0.717) is 17.7 Å². The molecule has 150 valence electrons. The second-order valence-electron chi connectivity index (χ2n) is 8.64. The summed E-state index contributed by atoms with van der Waals surface area (Å²) in [6.45, 7) is 8.17. The summed E-state index contributed by atoms with van der Waals surface area (Å²) in [4.78, 5) is 13.0. The number of fused-ring (bicyclic) bond motifs is 1. The quantitative estimate of drug-likeness (QED) is 0.846. The molecule has 1 N–H and O–H groups in total. The van der Waals surface area contributed by atoms with E-state index >= 15 is 0 Å². The summed E-state index contributed by atoms with van der Waals surface area (Å²) >= 11 is 0. The summed E-state index contributed by atoms with van der Waals surface area (Å²) in [7, 11) is -3.34. The summed E-state index contributed by atoms with van der Waals surface area (Å²) in [6, 6.07) is 14.9. The van der Waals surface area contributed by atoms with Gasteiger partial charge in [-0.25, -0.2) is 8.42 Å². The molecular formula is C22H28N2O3S. The van der Waals surface area contributed by atoms with Gasteiger partial charge in [0.2, 0.25) is 10.0 Å². The molecule has 1 heterocycles. The highest BCUT2D eigenvalue weighted by Crippen LogP contribution is 2.36. The summed E-state index contributed by atoms with van der Waals surface area (Å²) < 4.78 is 25.6. The Hall–Kier alpha value is -2.34. The number of carbonyl (C=O) groups excluding carboxylic acids is 1. The second-order valence-corrected chi connectivity index (χ2v) is 10.5. The minimum Gasteiger partial charge on any atom is -0.345 e. The number of hydrogen-bond acceptors (Lipinski definition) is 3. The lowest BCUT2D eigenvalue weighted by Crippen LogP contribution is -2.36. The largest absolute Gasteiger partial charge is 0.345 e. The van der Waals surface area contributed by atoms with Gasteiger partial charge in [0.15, 0.2) is 0 Å². The summed E-state index contributed by atoms with van der Waals surface area (Å²) in [6.07, 6.45) is 1.82. The monoisotopic (exact) mass is 400 g/mol. The molecule has 1 aliphatic heterocycles. The number of amides is 1. The van der Waals surface area contributed by atoms with Gasteiger partial charge in [0.1, 0.15) is 0 Å². The molecule has 2 atom stereocenters. The highest BCUT2D eigenvalue weighted by atomic mass is 32.2. The van der Waals surface area contributed by atoms with E-state index in [2.05, 4.69) is 26.1 Å². The van der Waals surface area contributed by atoms with Gasteiger partial charge in [-0.05, 0) is 48.1 Å². The third-order valence-corrected chi connectivity index (χ3v) is 6.40. The number of hydrogen-bond donors (Lipinski definition) is 1. The van der Waals surface area contributed by atoms with Crippen LogP contribution in [0.15, 0.2) is 48.5 Å². The maximum atomic E-state index is 13.0. The standard InChI is InChI=1S/C22H28N2O3S/c1-15-13-18-14-17(11-12-19(18)24(15)28(5,26)27)21(25)23-20(22(2,3)4)16-9-7-6-8-10-16/h6-12,14-15,20H,13H2,1-5H3,(H,23,25)/t15-,20+/m1/s1. The molecule has 0 aromatic heterocycles. The van der Waals surface area contributed by atoms with Crippen LogP contribution in [0.3, 0.4) is 0 Å². The van der Waals surface area contributed by atoms with Crippen LogP contribution in [0.1, 0.15) is 55.2 Å². The average molecular weight is 401 g/mol. The molecule has 2 aromatic carbocycles. The van der Waals surface area contributed by atoms with Crippen molar-refractivity contribution in [2.45, 2.75) is 46.2 Å². The fraction of sp³-hybridized carbons (Fsp3) is 0.409. The molecule has 0 saturated carbocycles. The lowest BCUT2D eigenvalue weighted by molar-refractivity contribution is 0.0901. The van der Waals surface area contributed by atoms with Gasteiger partial charge in [-0.15, -0.1) is 0 Å². The average Bonchev–Trinajstić information content (AvgIpc) is 2.94. The molecular weight excluding hydrogens is 372 g/mol. The van der Waals surface area contributed by atoms with E-state index < -0.39 is 10.0 Å². The molecule has 5 nitrogen and oxygen atoms in total. The predicted molar refractivity (Wildman–Crippen MR) is 113 cm³/mol. The Balaban J connectivity index is 1.89. The Morgan fingerprint density at radius 3 is 2.36 bits per heavy atom. The third-order valence-electron chi connectivity index (χ3n) is 5.13. The van der Waals surface area contributed by atoms with Crippen LogP contribution in [0.5, 0.6) is 0 Å². The number of nitrogens with zero attached hydrogens (tertiary/aromatic N) is 1. The molecule has 1 aliphatic rings. The van der Waals surface area contributed by atoms with Crippen LogP contribution >= 0.6 is 0 Å². The van der Waals surface area contributed by atoms with Crippen LogP contribution < -0.4 is 9.62 Å². The zero-order valence-electron chi connectivity index (χ0n) is 17.1. The summed E-state index contributed by atoms with van der Waals surface area (Å²) in [5, 5.41) is 3.16. The van der Waals surface area contributed by atoms with E-state index in [1.807, 2.05) is 43.3 Å². The van der Waals surface area contributed by atoms with E-state index in [0.717, 1.165) is 11.1 Å². The molecule has 0 unspecified atom stereocenters. The van der Waals surface area contributed by atoms with Crippen molar-refractivity contribution < 1.29 is 13.2 Å². The van der Waals surface area contributed by atoms with Crippen LogP contribution in [-0.4, -0.2) is 26.6 Å². The van der Waals surface area contributed by atoms with Gasteiger partial charge in [-0.1, -0.05) is 51.1 Å². The van der Waals surface area contributed by atoms with Crippen molar-refractivity contribution in [3.63, 3.8) is 0 Å². The molecule has 0 fully saturated rings. The maximum Gasteiger partial charge on any atom is 0.251 e. The Labute approximate surface area is 167 Å². The van der Waals surface area contributed by atoms with E-state index in [1.165, 1.54) is 10.6 Å². The fourth-order valence-corrected chi connectivity index (χ4v) is 5.17. The minimum absolute atomic E-state index is 0.138. The minimum atomic E-state index is -3.34. The molecule has 28 heavy (non-hydrogen) atoms. The van der Waals surface area contributed by atoms with Gasteiger partial charge < -0.3 is 5.32 Å². The maximum absolute atomic E-state index is 13.0. The summed E-state index contributed by atoms with van der Waals surface area (Å²) in [5.74, 6) is -0.156. The van der Waals surface area contributed by atoms with Crippen LogP contribution in [0, 0.1) is 5.41 Å². The number of rotatable bonds is 4. The first kappa shape index (κ1) is 20.4. The number of anilines is 1. The molecule has 0 saturated heterocycles. The summed E-state index contributed by atoms with van der Waals surface area (Å²) in [5.41, 5.74) is 3.00. The molecule has 3 rings (SSSR count). The molecule has 6 heteroatoms. The number of benzene rings is 2. The highest BCUT2D eigenvalue weighted by Gasteiger charge is 2.33. The van der Waals surface area contributed by atoms with Gasteiger partial charge in [0.05, 0.1) is 18.0 Å². The van der Waals surface area contributed by atoms with Gasteiger partial charge in [0, 0.05) is 11.6 Å². The lowest BCUT2D eigenvalue weighted by Gasteiger charge is -2.32. The fourth-order valence-electron chi connectivity index (χ4n) is 3.91. The van der Waals surface area contributed by atoms with Crippen molar-refractivity contribution in [1.29, 1.82) is 0 Å². The first-order chi connectivity index (χ1) is 13.0. The topological polar surface area (TPSA) is 66.5 Å². The smallest absolute Gasteiger partial charge is 0.251 e. The molecule has 0 aliphatic carbocycles. The molecule has 0 bridgehead atoms. The van der Waals surface area contributed by atoms with Crippen molar-refractivity contribution >= 4 is 21.6 Å². The van der Waals surface area contributed by atoms with Crippen molar-refractivity contribution in [3.05, 3.63) is 65.2 Å². The molecule has 1 amide bonds. The van der Waals surface area contributed by atoms with E-state index in [-0.39, 0.29) is 23.4 Å². The number of nitrogens with one attached hydrogen (secondary N) is 1. The van der Waals surface area contributed by atoms with Crippen LogP contribution in [0.4, 0.5) is 5.69 Å². The Bertz CT molecular complexity index is 979. The second kappa shape index (κ2) is 7.24. The van der Waals surface area contributed by atoms with Crippen molar-refractivity contribution in [3.8, 4) is 0 Å². The zero-order valence-corrected chi connectivity index (χ0v) is 17.9. The van der Waals surface area contributed by atoms with E-state index in [1.54, 1.807) is 12.1 Å². The Kier molecular flexibility index (Phi) is 5.28. The predicted octanol–water partition coefficient (Wildman–Crippen LogP) is 3.91. The number of carbonyl (C=O) groups is 1. The van der Waals surface area contributed by atoms with Crippen LogP contribution in [0.2, 0.25) is 0 Å². The van der Waals surface area contributed by atoms with Crippen molar-refractivity contribution in [2.24, 2.45) is 5.41 Å². The van der Waals surface area contributed by atoms with Crippen LogP contribution in [-0.2, 0) is 16.4 Å². The van der Waals surface area contributed by atoms with Gasteiger partial charge in [0.25, 0.3) is 5.91 Å². The SMILES string of the molecule is C[C@@H]1Cc2cc(C(=O)N[C@@H](c3ccccc3)C(C)(C)C)ccc2N1S(C)(=O)=O. The zero-order chi connectivity index (χ0) is 20.7. The third kappa shape index (κ3) is 4.07. The van der Waals surface area contributed by atoms with Crippen LogP contribution in [0.25, 0.3) is 0 Å². The number of sulfonamides is 1. The molecule has 0 spiro atoms.